The van der Waals surface area contributed by atoms with Crippen molar-refractivity contribution in [2.75, 3.05) is 5.73 Å². The van der Waals surface area contributed by atoms with Crippen LogP contribution in [0, 0.1) is 6.92 Å². The molecule has 0 amide bonds. The van der Waals surface area contributed by atoms with E-state index in [1.165, 1.54) is 0 Å². The van der Waals surface area contributed by atoms with Gasteiger partial charge < -0.3 is 10.7 Å². The number of anilines is 1. The van der Waals surface area contributed by atoms with E-state index >= 15 is 0 Å². The van der Waals surface area contributed by atoms with Crippen LogP contribution < -0.4 is 5.73 Å². The summed E-state index contributed by atoms with van der Waals surface area (Å²) < 4.78 is 0. The standard InChI is InChI=1S/C14H16N2O/c1-9-6-13(16-14(9)10(2)17)8-11-4-3-5-12(15)7-11/h3-7,16H,8,15H2,1-2H3. The lowest BCUT2D eigenvalue weighted by Gasteiger charge is -2.00. The molecule has 3 N–H and O–H groups in total. The number of nitrogens with two attached hydrogens (primary N) is 1. The van der Waals surface area contributed by atoms with Gasteiger partial charge in [0.15, 0.2) is 5.78 Å². The number of carbonyl (C=O) groups is 1. The molecule has 1 aromatic heterocycles. The van der Waals surface area contributed by atoms with Crippen molar-refractivity contribution in [1.29, 1.82) is 0 Å². The second-order valence-electron chi connectivity index (χ2n) is 4.33. The van der Waals surface area contributed by atoms with E-state index < -0.39 is 0 Å². The fourth-order valence-corrected chi connectivity index (χ4v) is 2.01. The highest BCUT2D eigenvalue weighted by atomic mass is 16.1. The minimum Gasteiger partial charge on any atom is -0.399 e. The van der Waals surface area contributed by atoms with E-state index in [0.29, 0.717) is 5.69 Å². The predicted molar refractivity (Wildman–Crippen MR) is 69.2 cm³/mol. The summed E-state index contributed by atoms with van der Waals surface area (Å²) in [6, 6.07) is 9.79. The maximum atomic E-state index is 11.3. The number of aromatic amines is 1. The molecule has 88 valence electrons. The Hall–Kier alpha value is -2.03. The Bertz CT molecular complexity index is 555. The minimum absolute atomic E-state index is 0.0707. The van der Waals surface area contributed by atoms with Gasteiger partial charge >= 0.3 is 0 Å². The Morgan fingerprint density at radius 3 is 2.71 bits per heavy atom. The number of hydrogen-bond donors (Lipinski definition) is 2. The largest absolute Gasteiger partial charge is 0.399 e. The molecule has 0 spiro atoms. The van der Waals surface area contributed by atoms with E-state index in [1.807, 2.05) is 37.3 Å². The lowest BCUT2D eigenvalue weighted by Crippen LogP contribution is -1.96. The zero-order valence-corrected chi connectivity index (χ0v) is 10.1. The summed E-state index contributed by atoms with van der Waals surface area (Å²) in [4.78, 5) is 14.5. The Kier molecular flexibility index (Phi) is 3.00. The number of carbonyl (C=O) groups excluding carboxylic acids is 1. The van der Waals surface area contributed by atoms with Crippen LogP contribution >= 0.6 is 0 Å². The van der Waals surface area contributed by atoms with Crippen LogP contribution in [0.5, 0.6) is 0 Å². The van der Waals surface area contributed by atoms with Gasteiger partial charge in [0.2, 0.25) is 0 Å². The minimum atomic E-state index is 0.0707. The third-order valence-corrected chi connectivity index (χ3v) is 2.77. The summed E-state index contributed by atoms with van der Waals surface area (Å²) in [7, 11) is 0. The van der Waals surface area contributed by atoms with Crippen molar-refractivity contribution >= 4 is 11.5 Å². The molecule has 0 fully saturated rings. The number of H-pyrrole nitrogens is 1. The van der Waals surface area contributed by atoms with E-state index in [2.05, 4.69) is 4.98 Å². The van der Waals surface area contributed by atoms with Gasteiger partial charge in [-0.25, -0.2) is 0 Å². The first-order valence-electron chi connectivity index (χ1n) is 5.60. The molecule has 0 atom stereocenters. The molecule has 3 nitrogen and oxygen atoms in total. The van der Waals surface area contributed by atoms with Crippen molar-refractivity contribution < 1.29 is 4.79 Å². The van der Waals surface area contributed by atoms with Crippen molar-refractivity contribution in [2.45, 2.75) is 20.3 Å². The van der Waals surface area contributed by atoms with E-state index in [4.69, 9.17) is 5.73 Å². The summed E-state index contributed by atoms with van der Waals surface area (Å²) in [6.45, 7) is 3.51. The molecule has 0 bridgehead atoms. The summed E-state index contributed by atoms with van der Waals surface area (Å²) >= 11 is 0. The fraction of sp³-hybridized carbons (Fsp3) is 0.214. The summed E-state index contributed by atoms with van der Waals surface area (Å²) in [6.07, 6.45) is 0.763. The van der Waals surface area contributed by atoms with Crippen molar-refractivity contribution in [3.63, 3.8) is 0 Å². The highest BCUT2D eigenvalue weighted by Gasteiger charge is 2.08. The van der Waals surface area contributed by atoms with Crippen molar-refractivity contribution in [1.82, 2.24) is 4.98 Å². The number of hydrogen-bond acceptors (Lipinski definition) is 2. The Balaban J connectivity index is 2.25. The molecular formula is C14H16N2O. The number of benzene rings is 1. The van der Waals surface area contributed by atoms with Crippen LogP contribution in [0.4, 0.5) is 5.69 Å². The molecule has 3 heteroatoms. The van der Waals surface area contributed by atoms with E-state index in [-0.39, 0.29) is 5.78 Å². The molecule has 0 saturated carbocycles. The zero-order chi connectivity index (χ0) is 12.4. The Morgan fingerprint density at radius 1 is 1.35 bits per heavy atom. The Labute approximate surface area is 101 Å². The summed E-state index contributed by atoms with van der Waals surface area (Å²) in [5.41, 5.74) is 10.4. The van der Waals surface area contributed by atoms with Crippen LogP contribution in [-0.4, -0.2) is 10.8 Å². The first kappa shape index (κ1) is 11.5. The van der Waals surface area contributed by atoms with Crippen LogP contribution in [0.1, 0.15) is 34.2 Å². The first-order chi connectivity index (χ1) is 8.06. The monoisotopic (exact) mass is 228 g/mol. The number of aryl methyl sites for hydroxylation is 1. The van der Waals surface area contributed by atoms with Gasteiger partial charge in [0.1, 0.15) is 0 Å². The number of nitrogens with one attached hydrogen (secondary N) is 1. The molecule has 1 aromatic carbocycles. The average Bonchev–Trinajstić information content (AvgIpc) is 2.59. The number of nitrogen functional groups attached to an aromatic ring is 1. The molecule has 0 unspecified atom stereocenters. The fourth-order valence-electron chi connectivity index (χ4n) is 2.01. The van der Waals surface area contributed by atoms with Gasteiger partial charge in [-0.2, -0.15) is 0 Å². The molecule has 17 heavy (non-hydrogen) atoms. The van der Waals surface area contributed by atoms with Gasteiger partial charge in [-0.1, -0.05) is 12.1 Å². The van der Waals surface area contributed by atoms with Gasteiger partial charge in [-0.15, -0.1) is 0 Å². The first-order valence-corrected chi connectivity index (χ1v) is 5.60. The molecule has 0 aliphatic rings. The van der Waals surface area contributed by atoms with Crippen molar-refractivity contribution in [3.8, 4) is 0 Å². The van der Waals surface area contributed by atoms with Gasteiger partial charge in [0, 0.05) is 24.7 Å². The number of Topliss-reactive ketones (excluding diaryl/α,β-unsaturated/α-hetero) is 1. The molecule has 2 aromatic rings. The van der Waals surface area contributed by atoms with E-state index in [0.717, 1.165) is 28.9 Å². The van der Waals surface area contributed by atoms with Crippen LogP contribution in [0.3, 0.4) is 0 Å². The Morgan fingerprint density at radius 2 is 2.12 bits per heavy atom. The number of ketones is 1. The zero-order valence-electron chi connectivity index (χ0n) is 10.1. The van der Waals surface area contributed by atoms with E-state index in [9.17, 15) is 4.79 Å². The van der Waals surface area contributed by atoms with Gasteiger partial charge in [-0.05, 0) is 36.2 Å². The molecule has 0 radical (unpaired) electrons. The maximum Gasteiger partial charge on any atom is 0.176 e. The second-order valence-corrected chi connectivity index (χ2v) is 4.33. The van der Waals surface area contributed by atoms with Crippen LogP contribution in [0.2, 0.25) is 0 Å². The van der Waals surface area contributed by atoms with Crippen molar-refractivity contribution in [3.05, 3.63) is 52.8 Å². The molecule has 0 saturated heterocycles. The van der Waals surface area contributed by atoms with Crippen LogP contribution in [-0.2, 0) is 6.42 Å². The van der Waals surface area contributed by atoms with Crippen LogP contribution in [0.15, 0.2) is 30.3 Å². The SMILES string of the molecule is CC(=O)c1[nH]c(Cc2cccc(N)c2)cc1C. The highest BCUT2D eigenvalue weighted by Crippen LogP contribution is 2.15. The lowest BCUT2D eigenvalue weighted by atomic mass is 10.1. The quantitative estimate of drug-likeness (QED) is 0.626. The van der Waals surface area contributed by atoms with Crippen LogP contribution in [0.25, 0.3) is 0 Å². The smallest absolute Gasteiger partial charge is 0.176 e. The number of rotatable bonds is 3. The average molecular weight is 228 g/mol. The predicted octanol–water partition coefficient (Wildman–Crippen LogP) is 2.70. The second kappa shape index (κ2) is 4.45. The summed E-state index contributed by atoms with van der Waals surface area (Å²) in [5, 5.41) is 0. The molecule has 1 heterocycles. The molecule has 2 rings (SSSR count). The third kappa shape index (κ3) is 2.56. The molecule has 0 aliphatic carbocycles. The highest BCUT2D eigenvalue weighted by molar-refractivity contribution is 5.93. The molecular weight excluding hydrogens is 212 g/mol. The van der Waals surface area contributed by atoms with E-state index in [1.54, 1.807) is 6.92 Å². The van der Waals surface area contributed by atoms with Crippen molar-refractivity contribution in [2.24, 2.45) is 0 Å². The normalized spacial score (nSPS) is 10.5. The number of aromatic nitrogens is 1. The van der Waals surface area contributed by atoms with Gasteiger partial charge in [0.05, 0.1) is 5.69 Å². The van der Waals surface area contributed by atoms with Gasteiger partial charge in [0.25, 0.3) is 0 Å². The maximum absolute atomic E-state index is 11.3. The summed E-state index contributed by atoms with van der Waals surface area (Å²) in [5.74, 6) is 0.0707. The van der Waals surface area contributed by atoms with Gasteiger partial charge in [-0.3, -0.25) is 4.79 Å². The topological polar surface area (TPSA) is 58.9 Å². The molecule has 0 aliphatic heterocycles. The third-order valence-electron chi connectivity index (χ3n) is 2.77. The lowest BCUT2D eigenvalue weighted by molar-refractivity contribution is 0.101.